The summed E-state index contributed by atoms with van der Waals surface area (Å²) in [5.74, 6) is -0.484. The van der Waals surface area contributed by atoms with Crippen molar-refractivity contribution in [1.29, 1.82) is 0 Å². The van der Waals surface area contributed by atoms with E-state index in [-0.39, 0.29) is 11.3 Å². The molecule has 100 valence electrons. The Balaban J connectivity index is 4.40. The van der Waals surface area contributed by atoms with Gasteiger partial charge in [0.2, 0.25) is 0 Å². The van der Waals surface area contributed by atoms with Crippen LogP contribution >= 0.6 is 0 Å². The van der Waals surface area contributed by atoms with Gasteiger partial charge in [-0.15, -0.1) is 0 Å². The molecule has 0 aromatic heterocycles. The van der Waals surface area contributed by atoms with E-state index in [9.17, 15) is 9.59 Å². The third-order valence-electron chi connectivity index (χ3n) is 2.03. The van der Waals surface area contributed by atoms with Crippen LogP contribution in [-0.2, 0) is 14.3 Å². The lowest BCUT2D eigenvalue weighted by Crippen LogP contribution is -2.45. The third-order valence-corrected chi connectivity index (χ3v) is 2.03. The van der Waals surface area contributed by atoms with Gasteiger partial charge in [0.25, 0.3) is 0 Å². The molecule has 0 saturated heterocycles. The summed E-state index contributed by atoms with van der Waals surface area (Å²) in [5.41, 5.74) is -0.0948. The normalized spacial score (nSPS) is 13.1. The Morgan fingerprint density at radius 2 is 1.76 bits per heavy atom. The SMILES string of the molecule is COC(=O)NC(C(=O)OCC(C)(C)C)C(C)C. The van der Waals surface area contributed by atoms with Crippen LogP contribution in [-0.4, -0.2) is 31.8 Å². The smallest absolute Gasteiger partial charge is 0.407 e. The number of carbonyl (C=O) groups is 2. The minimum absolute atomic E-state index is 0.0541. The second kappa shape index (κ2) is 6.47. The standard InChI is InChI=1S/C12H23NO4/c1-8(2)9(13-11(15)16-6)10(14)17-7-12(3,4)5/h8-9H,7H2,1-6H3,(H,13,15). The van der Waals surface area contributed by atoms with E-state index in [1.165, 1.54) is 7.11 Å². The number of methoxy groups -OCH3 is 1. The van der Waals surface area contributed by atoms with E-state index in [2.05, 4.69) is 10.1 Å². The van der Waals surface area contributed by atoms with E-state index in [4.69, 9.17) is 4.74 Å². The average molecular weight is 245 g/mol. The van der Waals surface area contributed by atoms with Crippen LogP contribution in [0.4, 0.5) is 4.79 Å². The van der Waals surface area contributed by atoms with Crippen LogP contribution in [0.25, 0.3) is 0 Å². The highest BCUT2D eigenvalue weighted by atomic mass is 16.5. The monoisotopic (exact) mass is 245 g/mol. The number of rotatable bonds is 4. The lowest BCUT2D eigenvalue weighted by molar-refractivity contribution is -0.150. The number of alkyl carbamates (subject to hydrolysis) is 1. The van der Waals surface area contributed by atoms with Gasteiger partial charge in [-0.1, -0.05) is 34.6 Å². The summed E-state index contributed by atoms with van der Waals surface area (Å²) >= 11 is 0. The predicted octanol–water partition coefficient (Wildman–Crippen LogP) is 1.96. The molecule has 0 fully saturated rings. The second-order valence-electron chi connectivity index (χ2n) is 5.53. The van der Waals surface area contributed by atoms with Gasteiger partial charge in [-0.05, 0) is 11.3 Å². The second-order valence-corrected chi connectivity index (χ2v) is 5.53. The molecule has 1 amide bonds. The van der Waals surface area contributed by atoms with Gasteiger partial charge in [-0.3, -0.25) is 0 Å². The van der Waals surface area contributed by atoms with Gasteiger partial charge in [0, 0.05) is 0 Å². The van der Waals surface area contributed by atoms with Gasteiger partial charge in [0.05, 0.1) is 13.7 Å². The molecular formula is C12H23NO4. The molecule has 0 aliphatic heterocycles. The number of nitrogens with one attached hydrogen (secondary N) is 1. The summed E-state index contributed by atoms with van der Waals surface area (Å²) in [4.78, 5) is 22.9. The molecule has 0 aromatic rings. The average Bonchev–Trinajstić information content (AvgIpc) is 2.20. The molecule has 0 aliphatic rings. The first kappa shape index (κ1) is 15.7. The number of esters is 1. The molecule has 0 bridgehead atoms. The van der Waals surface area contributed by atoms with Gasteiger partial charge >= 0.3 is 12.1 Å². The van der Waals surface area contributed by atoms with Crippen LogP contribution in [0.5, 0.6) is 0 Å². The lowest BCUT2D eigenvalue weighted by atomic mass is 9.98. The fraction of sp³-hybridized carbons (Fsp3) is 0.833. The van der Waals surface area contributed by atoms with E-state index in [1.807, 2.05) is 34.6 Å². The highest BCUT2D eigenvalue weighted by Crippen LogP contribution is 2.14. The van der Waals surface area contributed by atoms with E-state index < -0.39 is 18.1 Å². The molecule has 1 unspecified atom stereocenters. The molecule has 0 aromatic carbocycles. The fourth-order valence-electron chi connectivity index (χ4n) is 1.06. The van der Waals surface area contributed by atoms with E-state index in [0.29, 0.717) is 6.61 Å². The van der Waals surface area contributed by atoms with Crippen LogP contribution in [0.2, 0.25) is 0 Å². The zero-order valence-electron chi connectivity index (χ0n) is 11.5. The number of hydrogen-bond acceptors (Lipinski definition) is 4. The quantitative estimate of drug-likeness (QED) is 0.769. The molecule has 5 nitrogen and oxygen atoms in total. The van der Waals surface area contributed by atoms with Crippen LogP contribution in [0.15, 0.2) is 0 Å². The molecule has 5 heteroatoms. The summed E-state index contributed by atoms with van der Waals surface area (Å²) < 4.78 is 9.63. The van der Waals surface area contributed by atoms with Gasteiger partial charge < -0.3 is 14.8 Å². The Kier molecular flexibility index (Phi) is 5.99. The topological polar surface area (TPSA) is 64.6 Å². The molecule has 1 atom stereocenters. The Labute approximate surface area is 103 Å². The predicted molar refractivity (Wildman–Crippen MR) is 64.6 cm³/mol. The summed E-state index contributed by atoms with van der Waals surface area (Å²) in [7, 11) is 1.26. The fourth-order valence-corrected chi connectivity index (χ4v) is 1.06. The maximum absolute atomic E-state index is 11.8. The summed E-state index contributed by atoms with van der Waals surface area (Å²) in [6.45, 7) is 9.89. The molecule has 17 heavy (non-hydrogen) atoms. The summed E-state index contributed by atoms with van der Waals surface area (Å²) in [6, 6.07) is -0.676. The van der Waals surface area contributed by atoms with Crippen molar-refractivity contribution in [1.82, 2.24) is 5.32 Å². The van der Waals surface area contributed by atoms with Crippen molar-refractivity contribution in [3.05, 3.63) is 0 Å². The van der Waals surface area contributed by atoms with Crippen LogP contribution in [0.3, 0.4) is 0 Å². The van der Waals surface area contributed by atoms with Crippen molar-refractivity contribution in [2.24, 2.45) is 11.3 Å². The van der Waals surface area contributed by atoms with Gasteiger partial charge in [0.1, 0.15) is 6.04 Å². The van der Waals surface area contributed by atoms with Crippen LogP contribution in [0.1, 0.15) is 34.6 Å². The summed E-state index contributed by atoms with van der Waals surface area (Å²) in [5, 5.41) is 2.47. The molecule has 0 heterocycles. The number of ether oxygens (including phenoxy) is 2. The highest BCUT2D eigenvalue weighted by molar-refractivity contribution is 5.81. The number of carbonyl (C=O) groups excluding carboxylic acids is 2. The molecule has 0 saturated carbocycles. The molecule has 0 aliphatic carbocycles. The molecule has 0 rings (SSSR count). The minimum Gasteiger partial charge on any atom is -0.464 e. The van der Waals surface area contributed by atoms with E-state index >= 15 is 0 Å². The first-order valence-electron chi connectivity index (χ1n) is 5.68. The number of amides is 1. The Hall–Kier alpha value is -1.26. The van der Waals surface area contributed by atoms with Gasteiger partial charge in [-0.2, -0.15) is 0 Å². The maximum Gasteiger partial charge on any atom is 0.407 e. The van der Waals surface area contributed by atoms with Gasteiger partial charge in [0.15, 0.2) is 0 Å². The van der Waals surface area contributed by atoms with Gasteiger partial charge in [-0.25, -0.2) is 9.59 Å². The van der Waals surface area contributed by atoms with E-state index in [1.54, 1.807) is 0 Å². The number of hydrogen-bond donors (Lipinski definition) is 1. The van der Waals surface area contributed by atoms with Crippen molar-refractivity contribution in [3.8, 4) is 0 Å². The van der Waals surface area contributed by atoms with Crippen molar-refractivity contribution in [2.45, 2.75) is 40.7 Å². The lowest BCUT2D eigenvalue weighted by Gasteiger charge is -2.23. The Bertz CT molecular complexity index is 268. The van der Waals surface area contributed by atoms with Crippen LogP contribution in [0, 0.1) is 11.3 Å². The first-order chi connectivity index (χ1) is 7.67. The van der Waals surface area contributed by atoms with Crippen LogP contribution < -0.4 is 5.32 Å². The third kappa shape index (κ3) is 6.81. The summed E-state index contributed by atoms with van der Waals surface area (Å²) in [6.07, 6.45) is -0.628. The molecular weight excluding hydrogens is 222 g/mol. The zero-order chi connectivity index (χ0) is 13.6. The largest absolute Gasteiger partial charge is 0.464 e. The highest BCUT2D eigenvalue weighted by Gasteiger charge is 2.27. The van der Waals surface area contributed by atoms with Crippen molar-refractivity contribution in [2.75, 3.05) is 13.7 Å². The molecule has 0 radical (unpaired) electrons. The molecule has 1 N–H and O–H groups in total. The van der Waals surface area contributed by atoms with Crippen molar-refractivity contribution < 1.29 is 19.1 Å². The zero-order valence-corrected chi connectivity index (χ0v) is 11.5. The minimum atomic E-state index is -0.676. The Morgan fingerprint density at radius 1 is 1.24 bits per heavy atom. The first-order valence-corrected chi connectivity index (χ1v) is 5.68. The van der Waals surface area contributed by atoms with Crippen molar-refractivity contribution >= 4 is 12.1 Å². The van der Waals surface area contributed by atoms with Crippen molar-refractivity contribution in [3.63, 3.8) is 0 Å². The van der Waals surface area contributed by atoms with E-state index in [0.717, 1.165) is 0 Å². The molecule has 0 spiro atoms. The Morgan fingerprint density at radius 3 is 2.12 bits per heavy atom. The maximum atomic E-state index is 11.8.